The summed E-state index contributed by atoms with van der Waals surface area (Å²) in [5.74, 6) is -1.16. The maximum absolute atomic E-state index is 10.6. The van der Waals surface area contributed by atoms with Crippen molar-refractivity contribution in [2.75, 3.05) is 0 Å². The van der Waals surface area contributed by atoms with Crippen LogP contribution in [0.2, 0.25) is 0 Å². The van der Waals surface area contributed by atoms with Gasteiger partial charge in [-0.15, -0.1) is 6.58 Å². The Morgan fingerprint density at radius 3 is 2.58 bits per heavy atom. The number of aliphatic hydroxyl groups is 1. The van der Waals surface area contributed by atoms with Gasteiger partial charge in [0.25, 0.3) is 0 Å². The molecule has 0 heterocycles. The molecule has 0 rings (SSSR count). The van der Waals surface area contributed by atoms with Crippen molar-refractivity contribution in [2.45, 2.75) is 38.2 Å². The molecule has 0 bridgehead atoms. The maximum Gasteiger partial charge on any atom is 0.335 e. The molecule has 0 aromatic rings. The van der Waals surface area contributed by atoms with Gasteiger partial charge in [0.2, 0.25) is 0 Å². The summed E-state index contributed by atoms with van der Waals surface area (Å²) in [4.78, 5) is 10.6. The minimum absolute atomic E-state index is 0.113. The van der Waals surface area contributed by atoms with E-state index in [0.29, 0.717) is 6.42 Å². The minimum atomic E-state index is -1.60. The topological polar surface area (TPSA) is 57.5 Å². The van der Waals surface area contributed by atoms with Crippen molar-refractivity contribution in [2.24, 2.45) is 0 Å². The number of unbranched alkanes of at least 4 members (excludes halogenated alkanes) is 1. The predicted octanol–water partition coefficient (Wildman–Crippen LogP) is 1.57. The fourth-order valence-electron chi connectivity index (χ4n) is 1.00. The van der Waals surface area contributed by atoms with Gasteiger partial charge in [0.05, 0.1) is 0 Å². The molecule has 0 amide bonds. The summed E-state index contributed by atoms with van der Waals surface area (Å²) in [6.07, 6.45) is 3.44. The van der Waals surface area contributed by atoms with Crippen LogP contribution < -0.4 is 0 Å². The van der Waals surface area contributed by atoms with Crippen LogP contribution in [0.3, 0.4) is 0 Å². The van der Waals surface area contributed by atoms with Gasteiger partial charge in [0.1, 0.15) is 0 Å². The van der Waals surface area contributed by atoms with Crippen LogP contribution in [0.4, 0.5) is 0 Å². The third-order valence-corrected chi connectivity index (χ3v) is 1.82. The largest absolute Gasteiger partial charge is 0.479 e. The first-order chi connectivity index (χ1) is 5.56. The first kappa shape index (κ1) is 11.2. The van der Waals surface area contributed by atoms with Gasteiger partial charge in [-0.05, 0) is 6.42 Å². The molecule has 0 aromatic heterocycles. The Morgan fingerprint density at radius 1 is 1.67 bits per heavy atom. The van der Waals surface area contributed by atoms with Crippen molar-refractivity contribution in [3.63, 3.8) is 0 Å². The van der Waals surface area contributed by atoms with E-state index in [-0.39, 0.29) is 6.42 Å². The first-order valence-corrected chi connectivity index (χ1v) is 4.13. The molecule has 3 heteroatoms. The van der Waals surface area contributed by atoms with Crippen LogP contribution in [-0.2, 0) is 4.79 Å². The van der Waals surface area contributed by atoms with Crippen LogP contribution in [-0.4, -0.2) is 21.8 Å². The first-order valence-electron chi connectivity index (χ1n) is 4.13. The third kappa shape index (κ3) is 3.05. The summed E-state index contributed by atoms with van der Waals surface area (Å²) in [6.45, 7) is 5.37. The highest BCUT2D eigenvalue weighted by Gasteiger charge is 2.33. The number of carboxylic acid groups (broad SMARTS) is 1. The van der Waals surface area contributed by atoms with Crippen LogP contribution in [0.1, 0.15) is 32.6 Å². The molecule has 0 spiro atoms. The summed E-state index contributed by atoms with van der Waals surface area (Å²) >= 11 is 0. The van der Waals surface area contributed by atoms with E-state index in [1.807, 2.05) is 6.92 Å². The van der Waals surface area contributed by atoms with E-state index in [0.717, 1.165) is 12.8 Å². The van der Waals surface area contributed by atoms with Crippen molar-refractivity contribution in [1.82, 2.24) is 0 Å². The van der Waals surface area contributed by atoms with Crippen LogP contribution >= 0.6 is 0 Å². The number of aliphatic carboxylic acids is 1. The normalized spacial score (nSPS) is 15.2. The van der Waals surface area contributed by atoms with Crippen molar-refractivity contribution in [3.05, 3.63) is 12.7 Å². The molecular weight excluding hydrogens is 156 g/mol. The van der Waals surface area contributed by atoms with E-state index >= 15 is 0 Å². The Morgan fingerprint density at radius 2 is 2.25 bits per heavy atom. The van der Waals surface area contributed by atoms with Crippen molar-refractivity contribution in [3.8, 4) is 0 Å². The molecule has 2 N–H and O–H groups in total. The lowest BCUT2D eigenvalue weighted by molar-refractivity contribution is -0.159. The Kier molecular flexibility index (Phi) is 4.59. The van der Waals surface area contributed by atoms with Crippen LogP contribution in [0.5, 0.6) is 0 Å². The molecule has 0 aromatic carbocycles. The second kappa shape index (κ2) is 4.93. The Bertz CT molecular complexity index is 165. The summed E-state index contributed by atoms with van der Waals surface area (Å²) in [5, 5.41) is 18.2. The van der Waals surface area contributed by atoms with Gasteiger partial charge in [-0.3, -0.25) is 0 Å². The number of carboxylic acids is 1. The van der Waals surface area contributed by atoms with Crippen LogP contribution in [0.25, 0.3) is 0 Å². The molecule has 0 aliphatic heterocycles. The lowest BCUT2D eigenvalue weighted by Gasteiger charge is -2.21. The Balaban J connectivity index is 4.17. The van der Waals surface area contributed by atoms with E-state index in [4.69, 9.17) is 5.11 Å². The van der Waals surface area contributed by atoms with Gasteiger partial charge in [-0.2, -0.15) is 0 Å². The van der Waals surface area contributed by atoms with Gasteiger partial charge >= 0.3 is 5.97 Å². The van der Waals surface area contributed by atoms with Crippen molar-refractivity contribution >= 4 is 5.97 Å². The lowest BCUT2D eigenvalue weighted by Crippen LogP contribution is -2.37. The van der Waals surface area contributed by atoms with Gasteiger partial charge in [-0.1, -0.05) is 25.8 Å². The van der Waals surface area contributed by atoms with E-state index < -0.39 is 11.6 Å². The van der Waals surface area contributed by atoms with E-state index in [1.165, 1.54) is 6.08 Å². The monoisotopic (exact) mass is 172 g/mol. The zero-order valence-corrected chi connectivity index (χ0v) is 7.42. The van der Waals surface area contributed by atoms with E-state index in [9.17, 15) is 9.90 Å². The van der Waals surface area contributed by atoms with Crippen LogP contribution in [0.15, 0.2) is 12.7 Å². The van der Waals surface area contributed by atoms with Gasteiger partial charge in [-0.25, -0.2) is 4.79 Å². The molecule has 1 atom stereocenters. The van der Waals surface area contributed by atoms with E-state index in [1.54, 1.807) is 0 Å². The highest BCUT2D eigenvalue weighted by Crippen LogP contribution is 2.19. The maximum atomic E-state index is 10.6. The molecule has 0 aliphatic rings. The Hall–Kier alpha value is -0.830. The lowest BCUT2D eigenvalue weighted by atomic mass is 9.93. The highest BCUT2D eigenvalue weighted by atomic mass is 16.4. The molecule has 0 aliphatic carbocycles. The Labute approximate surface area is 72.7 Å². The summed E-state index contributed by atoms with van der Waals surface area (Å²) in [6, 6.07) is 0. The SMILES string of the molecule is C=CCC(O)(CCCC)C(=O)O. The predicted molar refractivity (Wildman–Crippen MR) is 46.9 cm³/mol. The van der Waals surface area contributed by atoms with Gasteiger partial charge < -0.3 is 10.2 Å². The average Bonchev–Trinajstić information content (AvgIpc) is 2.01. The number of hydrogen-bond donors (Lipinski definition) is 2. The summed E-state index contributed by atoms with van der Waals surface area (Å²) in [7, 11) is 0. The standard InChI is InChI=1S/C9H16O3/c1-3-5-7-9(12,6-4-2)8(10)11/h4,12H,2-3,5-7H2,1H3,(H,10,11). The molecule has 0 radical (unpaired) electrons. The number of hydrogen-bond acceptors (Lipinski definition) is 2. The zero-order chi connectivity index (χ0) is 9.61. The molecule has 1 unspecified atom stereocenters. The molecular formula is C9H16O3. The third-order valence-electron chi connectivity index (χ3n) is 1.82. The van der Waals surface area contributed by atoms with Gasteiger partial charge in [0, 0.05) is 6.42 Å². The average molecular weight is 172 g/mol. The fourth-order valence-corrected chi connectivity index (χ4v) is 1.00. The number of rotatable bonds is 6. The minimum Gasteiger partial charge on any atom is -0.479 e. The highest BCUT2D eigenvalue weighted by molar-refractivity contribution is 5.77. The van der Waals surface area contributed by atoms with Crippen LogP contribution in [0, 0.1) is 0 Å². The second-order valence-corrected chi connectivity index (χ2v) is 2.93. The quantitative estimate of drug-likeness (QED) is 0.598. The van der Waals surface area contributed by atoms with Gasteiger partial charge in [0.15, 0.2) is 5.60 Å². The molecule has 12 heavy (non-hydrogen) atoms. The smallest absolute Gasteiger partial charge is 0.335 e. The summed E-state index contributed by atoms with van der Waals surface area (Å²) in [5.41, 5.74) is -1.60. The molecule has 0 fully saturated rings. The second-order valence-electron chi connectivity index (χ2n) is 2.93. The molecule has 0 saturated carbocycles. The summed E-state index contributed by atoms with van der Waals surface area (Å²) < 4.78 is 0. The van der Waals surface area contributed by atoms with Crippen molar-refractivity contribution in [1.29, 1.82) is 0 Å². The molecule has 70 valence electrons. The van der Waals surface area contributed by atoms with Crippen molar-refractivity contribution < 1.29 is 15.0 Å². The number of carbonyl (C=O) groups is 1. The fraction of sp³-hybridized carbons (Fsp3) is 0.667. The van der Waals surface area contributed by atoms with E-state index in [2.05, 4.69) is 6.58 Å². The zero-order valence-electron chi connectivity index (χ0n) is 7.42. The molecule has 3 nitrogen and oxygen atoms in total. The molecule has 0 saturated heterocycles.